The van der Waals surface area contributed by atoms with Gasteiger partial charge in [0, 0.05) is 17.5 Å². The van der Waals surface area contributed by atoms with Crippen molar-refractivity contribution < 1.29 is 4.79 Å². The summed E-state index contributed by atoms with van der Waals surface area (Å²) in [4.78, 5) is 32.4. The van der Waals surface area contributed by atoms with Crippen molar-refractivity contribution in [2.75, 3.05) is 5.75 Å². The van der Waals surface area contributed by atoms with E-state index < -0.39 is 0 Å². The number of aromatic nitrogens is 2. The molecule has 0 aromatic carbocycles. The normalized spacial score (nSPS) is 17.3. The lowest BCUT2D eigenvalue weighted by Crippen LogP contribution is -2.34. The van der Waals surface area contributed by atoms with Crippen LogP contribution >= 0.6 is 23.1 Å². The Kier molecular flexibility index (Phi) is 6.99. The Morgan fingerprint density at radius 3 is 3.04 bits per heavy atom. The summed E-state index contributed by atoms with van der Waals surface area (Å²) in [6.45, 7) is 10.6. The number of carbonyl (C=O) groups is 1. The SMILES string of the molecule is C=CCn1c(SCC(=O)N[C@@H](C)CCC)nc2sc3c(c2c1=O)CC[C@H](C)C3. The van der Waals surface area contributed by atoms with E-state index in [9.17, 15) is 9.59 Å². The molecule has 0 spiro atoms. The second-order valence-electron chi connectivity index (χ2n) is 7.68. The summed E-state index contributed by atoms with van der Waals surface area (Å²) in [5.74, 6) is 0.883. The van der Waals surface area contributed by atoms with Gasteiger partial charge in [0.05, 0.1) is 11.1 Å². The highest BCUT2D eigenvalue weighted by Crippen LogP contribution is 2.36. The highest BCUT2D eigenvalue weighted by Gasteiger charge is 2.24. The molecule has 0 saturated carbocycles. The molecule has 3 rings (SSSR count). The van der Waals surface area contributed by atoms with E-state index in [1.54, 1.807) is 22.0 Å². The number of allylic oxidation sites excluding steroid dienone is 1. The number of amides is 1. The smallest absolute Gasteiger partial charge is 0.263 e. The van der Waals surface area contributed by atoms with Crippen LogP contribution in [0.2, 0.25) is 0 Å². The minimum Gasteiger partial charge on any atom is -0.353 e. The van der Waals surface area contributed by atoms with Crippen LogP contribution in [-0.2, 0) is 24.2 Å². The highest BCUT2D eigenvalue weighted by molar-refractivity contribution is 7.99. The van der Waals surface area contributed by atoms with Gasteiger partial charge >= 0.3 is 0 Å². The van der Waals surface area contributed by atoms with E-state index in [1.165, 1.54) is 22.2 Å². The second-order valence-corrected chi connectivity index (χ2v) is 9.70. The average Bonchev–Trinajstić information content (AvgIpc) is 3.00. The Labute approximate surface area is 174 Å². The molecule has 5 nitrogen and oxygen atoms in total. The van der Waals surface area contributed by atoms with Crippen molar-refractivity contribution in [1.82, 2.24) is 14.9 Å². The molecular formula is C21H29N3O2S2. The van der Waals surface area contributed by atoms with E-state index in [4.69, 9.17) is 4.98 Å². The molecule has 0 radical (unpaired) electrons. The first-order valence-corrected chi connectivity index (χ1v) is 11.8. The van der Waals surface area contributed by atoms with Gasteiger partial charge in [-0.25, -0.2) is 4.98 Å². The van der Waals surface area contributed by atoms with Crippen LogP contribution in [0.4, 0.5) is 0 Å². The fourth-order valence-electron chi connectivity index (χ4n) is 3.76. The maximum absolute atomic E-state index is 13.2. The summed E-state index contributed by atoms with van der Waals surface area (Å²) in [7, 11) is 0. The van der Waals surface area contributed by atoms with Crippen LogP contribution in [0.3, 0.4) is 0 Å². The van der Waals surface area contributed by atoms with E-state index in [2.05, 4.69) is 25.7 Å². The Bertz CT molecular complexity index is 932. The van der Waals surface area contributed by atoms with Gasteiger partial charge in [0.15, 0.2) is 5.16 Å². The third-order valence-corrected chi connectivity index (χ3v) is 7.28. The van der Waals surface area contributed by atoms with E-state index >= 15 is 0 Å². The van der Waals surface area contributed by atoms with Crippen LogP contribution in [0.25, 0.3) is 10.2 Å². The van der Waals surface area contributed by atoms with Crippen LogP contribution in [0.5, 0.6) is 0 Å². The highest BCUT2D eigenvalue weighted by atomic mass is 32.2. The third-order valence-electron chi connectivity index (χ3n) is 5.15. The Morgan fingerprint density at radius 1 is 1.54 bits per heavy atom. The molecular weight excluding hydrogens is 390 g/mol. The Hall–Kier alpha value is -1.60. The maximum Gasteiger partial charge on any atom is 0.263 e. The van der Waals surface area contributed by atoms with Gasteiger partial charge in [0.25, 0.3) is 5.56 Å². The number of nitrogens with one attached hydrogen (secondary N) is 1. The zero-order valence-electron chi connectivity index (χ0n) is 16.9. The first-order valence-electron chi connectivity index (χ1n) is 10.0. The Morgan fingerprint density at radius 2 is 2.32 bits per heavy atom. The number of hydrogen-bond donors (Lipinski definition) is 1. The lowest BCUT2D eigenvalue weighted by atomic mass is 9.89. The zero-order valence-corrected chi connectivity index (χ0v) is 18.5. The predicted octanol–water partition coefficient (Wildman–Crippen LogP) is 4.17. The topological polar surface area (TPSA) is 64.0 Å². The van der Waals surface area contributed by atoms with E-state index in [0.717, 1.165) is 42.3 Å². The summed E-state index contributed by atoms with van der Waals surface area (Å²) in [5, 5.41) is 4.38. The van der Waals surface area contributed by atoms with E-state index in [-0.39, 0.29) is 23.3 Å². The molecule has 2 aromatic heterocycles. The second kappa shape index (κ2) is 9.27. The number of hydrogen-bond acceptors (Lipinski definition) is 5. The van der Waals surface area contributed by atoms with Crippen molar-refractivity contribution in [3.8, 4) is 0 Å². The molecule has 0 unspecified atom stereocenters. The first-order chi connectivity index (χ1) is 13.4. The number of rotatable bonds is 8. The molecule has 0 saturated heterocycles. The number of nitrogens with zero attached hydrogens (tertiary/aromatic N) is 2. The largest absolute Gasteiger partial charge is 0.353 e. The number of carbonyl (C=O) groups excluding carboxylic acids is 1. The van der Waals surface area contributed by atoms with E-state index in [1.807, 2.05) is 6.92 Å². The van der Waals surface area contributed by atoms with Gasteiger partial charge in [-0.2, -0.15) is 0 Å². The molecule has 2 heterocycles. The lowest BCUT2D eigenvalue weighted by Gasteiger charge is -2.17. The summed E-state index contributed by atoms with van der Waals surface area (Å²) < 4.78 is 1.66. The summed E-state index contributed by atoms with van der Waals surface area (Å²) in [5.41, 5.74) is 1.19. The van der Waals surface area contributed by atoms with Gasteiger partial charge in [0.1, 0.15) is 4.83 Å². The number of thiophene rings is 1. The van der Waals surface area contributed by atoms with Crippen molar-refractivity contribution in [3.05, 3.63) is 33.4 Å². The average molecular weight is 420 g/mol. The van der Waals surface area contributed by atoms with Crippen molar-refractivity contribution in [2.24, 2.45) is 5.92 Å². The minimum absolute atomic E-state index is 0.000729. The number of thioether (sulfide) groups is 1. The Balaban J connectivity index is 1.89. The van der Waals surface area contributed by atoms with Crippen LogP contribution < -0.4 is 10.9 Å². The van der Waals surface area contributed by atoms with Gasteiger partial charge in [-0.1, -0.05) is 38.1 Å². The van der Waals surface area contributed by atoms with Crippen molar-refractivity contribution in [1.29, 1.82) is 0 Å². The molecule has 152 valence electrons. The van der Waals surface area contributed by atoms with Gasteiger partial charge in [-0.15, -0.1) is 17.9 Å². The number of aryl methyl sites for hydroxylation is 1. The fourth-order valence-corrected chi connectivity index (χ4v) is 6.00. The summed E-state index contributed by atoms with van der Waals surface area (Å²) in [6, 6.07) is 0.162. The molecule has 0 fully saturated rings. The van der Waals surface area contributed by atoms with Gasteiger partial charge in [0.2, 0.25) is 5.91 Å². The molecule has 1 N–H and O–H groups in total. The molecule has 1 amide bonds. The molecule has 0 aliphatic heterocycles. The van der Waals surface area contributed by atoms with Crippen LogP contribution in [0, 0.1) is 5.92 Å². The van der Waals surface area contributed by atoms with Gasteiger partial charge < -0.3 is 5.32 Å². The van der Waals surface area contributed by atoms with Crippen LogP contribution in [0.15, 0.2) is 22.6 Å². The standard InChI is InChI=1S/C21H29N3O2S2/c1-5-7-14(4)22-17(25)12-27-21-23-19-18(20(26)24(21)10-6-2)15-9-8-13(3)11-16(15)28-19/h6,13-14H,2,5,7-12H2,1,3-4H3,(H,22,25)/t13-,14-/m0/s1. The van der Waals surface area contributed by atoms with Crippen LogP contribution in [-0.4, -0.2) is 27.3 Å². The third kappa shape index (κ3) is 4.51. The molecule has 0 bridgehead atoms. The lowest BCUT2D eigenvalue weighted by molar-refractivity contribution is -0.119. The van der Waals surface area contributed by atoms with Crippen molar-refractivity contribution >= 4 is 39.2 Å². The number of fused-ring (bicyclic) bond motifs is 3. The zero-order chi connectivity index (χ0) is 20.3. The maximum atomic E-state index is 13.2. The molecule has 1 aliphatic rings. The first kappa shape index (κ1) is 21.1. The van der Waals surface area contributed by atoms with Crippen molar-refractivity contribution in [2.45, 2.75) is 70.6 Å². The molecule has 7 heteroatoms. The van der Waals surface area contributed by atoms with Gasteiger partial charge in [-0.05, 0) is 44.1 Å². The predicted molar refractivity (Wildman–Crippen MR) is 119 cm³/mol. The van der Waals surface area contributed by atoms with E-state index in [0.29, 0.717) is 17.6 Å². The summed E-state index contributed by atoms with van der Waals surface area (Å²) >= 11 is 2.98. The molecule has 2 aromatic rings. The molecule has 2 atom stereocenters. The molecule has 28 heavy (non-hydrogen) atoms. The quantitative estimate of drug-likeness (QED) is 0.396. The van der Waals surface area contributed by atoms with Crippen LogP contribution in [0.1, 0.15) is 50.5 Å². The van der Waals surface area contributed by atoms with Gasteiger partial charge in [-0.3, -0.25) is 14.2 Å². The van der Waals surface area contributed by atoms with Crippen molar-refractivity contribution in [3.63, 3.8) is 0 Å². The molecule has 1 aliphatic carbocycles. The minimum atomic E-state index is -0.0234. The monoisotopic (exact) mass is 419 g/mol. The fraction of sp³-hybridized carbons (Fsp3) is 0.571. The summed E-state index contributed by atoms with van der Waals surface area (Å²) in [6.07, 6.45) is 6.80.